The maximum absolute atomic E-state index is 13.4. The molecule has 6 nitrogen and oxygen atoms in total. The number of rotatable bonds is 8. The highest BCUT2D eigenvalue weighted by Crippen LogP contribution is 2.49. The van der Waals surface area contributed by atoms with E-state index in [1.165, 1.54) is 12.8 Å². The van der Waals surface area contributed by atoms with Gasteiger partial charge in [-0.25, -0.2) is 8.42 Å². The monoisotopic (exact) mass is 427 g/mol. The summed E-state index contributed by atoms with van der Waals surface area (Å²) in [4.78, 5) is 15.8. The summed E-state index contributed by atoms with van der Waals surface area (Å²) in [5.74, 6) is 0.0550. The lowest BCUT2D eigenvalue weighted by Crippen LogP contribution is -2.41. The average Bonchev–Trinajstić information content (AvgIpc) is 3.37. The topological polar surface area (TPSA) is 78.5 Å². The first kappa shape index (κ1) is 20.9. The van der Waals surface area contributed by atoms with Gasteiger partial charge in [0.05, 0.1) is 17.7 Å². The molecule has 0 bridgehead atoms. The number of sulfonamides is 1. The molecule has 0 radical (unpaired) electrons. The molecule has 1 heterocycles. The molecule has 2 aromatic carbocycles. The third-order valence-electron chi connectivity index (χ3n) is 6.07. The fourth-order valence-corrected chi connectivity index (χ4v) is 4.85. The first-order valence-corrected chi connectivity index (χ1v) is 12.4. The molecule has 1 aliphatic carbocycles. The van der Waals surface area contributed by atoms with Gasteiger partial charge in [0, 0.05) is 12.2 Å². The molecule has 4 rings (SSSR count). The van der Waals surface area contributed by atoms with Crippen molar-refractivity contribution < 1.29 is 13.2 Å². The number of amides is 1. The van der Waals surface area contributed by atoms with Gasteiger partial charge in [-0.05, 0) is 62.0 Å². The lowest BCUT2D eigenvalue weighted by Gasteiger charge is -2.27. The highest BCUT2D eigenvalue weighted by atomic mass is 32.2. The van der Waals surface area contributed by atoms with Crippen molar-refractivity contribution in [1.82, 2.24) is 10.2 Å². The van der Waals surface area contributed by atoms with Crippen molar-refractivity contribution in [2.75, 3.05) is 30.6 Å². The summed E-state index contributed by atoms with van der Waals surface area (Å²) in [6.07, 6.45) is 5.17. The lowest BCUT2D eigenvalue weighted by atomic mass is 9.93. The van der Waals surface area contributed by atoms with Crippen LogP contribution in [-0.4, -0.2) is 45.1 Å². The summed E-state index contributed by atoms with van der Waals surface area (Å²) in [5.41, 5.74) is 2.06. The van der Waals surface area contributed by atoms with Gasteiger partial charge in [-0.3, -0.25) is 9.52 Å². The molecule has 1 aliphatic heterocycles. The summed E-state index contributed by atoms with van der Waals surface area (Å²) in [6.45, 7) is 2.99. The minimum atomic E-state index is -3.32. The van der Waals surface area contributed by atoms with Gasteiger partial charge in [-0.15, -0.1) is 0 Å². The van der Waals surface area contributed by atoms with Crippen LogP contribution in [0, 0.1) is 0 Å². The van der Waals surface area contributed by atoms with Crippen molar-refractivity contribution in [3.8, 4) is 0 Å². The number of likely N-dealkylation sites (tertiary alicyclic amines) is 1. The predicted octanol–water partition coefficient (Wildman–Crippen LogP) is 3.04. The summed E-state index contributed by atoms with van der Waals surface area (Å²) >= 11 is 0. The van der Waals surface area contributed by atoms with E-state index >= 15 is 0 Å². The van der Waals surface area contributed by atoms with Crippen molar-refractivity contribution in [3.05, 3.63) is 65.7 Å². The van der Waals surface area contributed by atoms with Crippen molar-refractivity contribution in [2.24, 2.45) is 0 Å². The predicted molar refractivity (Wildman–Crippen MR) is 119 cm³/mol. The maximum Gasteiger partial charge on any atom is 0.231 e. The van der Waals surface area contributed by atoms with E-state index in [0.717, 1.165) is 49.9 Å². The zero-order valence-corrected chi connectivity index (χ0v) is 18.1. The minimum Gasteiger partial charge on any atom is -0.347 e. The molecule has 2 aliphatic rings. The van der Waals surface area contributed by atoms with Crippen LogP contribution in [0.15, 0.2) is 54.6 Å². The Morgan fingerprint density at radius 3 is 2.23 bits per heavy atom. The van der Waals surface area contributed by atoms with Crippen LogP contribution in [0.1, 0.15) is 42.9 Å². The van der Waals surface area contributed by atoms with Crippen molar-refractivity contribution in [2.45, 2.75) is 37.1 Å². The number of anilines is 1. The Bertz CT molecular complexity index is 980. The van der Waals surface area contributed by atoms with Crippen molar-refractivity contribution >= 4 is 21.6 Å². The average molecular weight is 428 g/mol. The number of carbonyl (C=O) groups excluding carboxylic acids is 1. The van der Waals surface area contributed by atoms with Crippen LogP contribution in [0.25, 0.3) is 0 Å². The lowest BCUT2D eigenvalue weighted by molar-refractivity contribution is -0.124. The summed E-state index contributed by atoms with van der Waals surface area (Å²) in [5, 5.41) is 3.32. The molecule has 1 amide bonds. The largest absolute Gasteiger partial charge is 0.347 e. The molecule has 0 spiro atoms. The standard InChI is InChI=1S/C23H29N3O3S/c1-30(28,29)25-20-11-9-19(10-12-20)23(13-14-23)22(27)24-21(17-26-15-5-6-16-26)18-7-3-2-4-8-18/h2-4,7-12,21,25H,5-6,13-17H2,1H3,(H,24,27)/t21-/m1/s1. The Balaban J connectivity index is 1.50. The highest BCUT2D eigenvalue weighted by Gasteiger charge is 2.51. The first-order valence-electron chi connectivity index (χ1n) is 10.5. The molecular formula is C23H29N3O3S. The van der Waals surface area contributed by atoms with Gasteiger partial charge in [0.2, 0.25) is 15.9 Å². The Hall–Kier alpha value is -2.38. The Kier molecular flexibility index (Phi) is 5.84. The van der Waals surface area contributed by atoms with E-state index in [1.807, 2.05) is 30.3 Å². The van der Waals surface area contributed by atoms with E-state index in [-0.39, 0.29) is 11.9 Å². The number of benzene rings is 2. The van der Waals surface area contributed by atoms with Gasteiger partial charge in [0.25, 0.3) is 0 Å². The van der Waals surface area contributed by atoms with Gasteiger partial charge < -0.3 is 10.2 Å². The number of nitrogens with zero attached hydrogens (tertiary/aromatic N) is 1. The second kappa shape index (κ2) is 8.40. The van der Waals surface area contributed by atoms with Crippen LogP contribution in [0.5, 0.6) is 0 Å². The van der Waals surface area contributed by atoms with Gasteiger partial charge in [-0.1, -0.05) is 42.5 Å². The van der Waals surface area contributed by atoms with E-state index < -0.39 is 15.4 Å². The van der Waals surface area contributed by atoms with Crippen molar-refractivity contribution in [3.63, 3.8) is 0 Å². The van der Waals surface area contributed by atoms with E-state index in [4.69, 9.17) is 0 Å². The Morgan fingerprint density at radius 1 is 1.03 bits per heavy atom. The number of nitrogens with one attached hydrogen (secondary N) is 2. The Labute approximate surface area is 178 Å². The molecule has 2 N–H and O–H groups in total. The molecule has 1 saturated heterocycles. The van der Waals surface area contributed by atoms with Crippen LogP contribution < -0.4 is 10.0 Å². The number of hydrogen-bond donors (Lipinski definition) is 2. The first-order chi connectivity index (χ1) is 14.4. The van der Waals surface area contributed by atoms with E-state index in [2.05, 4.69) is 27.1 Å². The van der Waals surface area contributed by atoms with E-state index in [1.54, 1.807) is 12.1 Å². The van der Waals surface area contributed by atoms with E-state index in [0.29, 0.717) is 5.69 Å². The number of hydrogen-bond acceptors (Lipinski definition) is 4. The molecule has 2 aromatic rings. The molecule has 0 aromatic heterocycles. The number of carbonyl (C=O) groups is 1. The summed E-state index contributed by atoms with van der Waals surface area (Å²) in [6, 6.07) is 17.3. The van der Waals surface area contributed by atoms with Crippen LogP contribution >= 0.6 is 0 Å². The second-order valence-corrected chi connectivity index (χ2v) is 10.2. The maximum atomic E-state index is 13.4. The fraction of sp³-hybridized carbons (Fsp3) is 0.435. The summed E-state index contributed by atoms with van der Waals surface area (Å²) in [7, 11) is -3.32. The molecule has 7 heteroatoms. The second-order valence-electron chi connectivity index (χ2n) is 8.48. The van der Waals surface area contributed by atoms with Crippen LogP contribution in [0.4, 0.5) is 5.69 Å². The molecular weight excluding hydrogens is 398 g/mol. The normalized spacial score (nSPS) is 19.2. The van der Waals surface area contributed by atoms with Gasteiger partial charge in [-0.2, -0.15) is 0 Å². The SMILES string of the molecule is CS(=O)(=O)Nc1ccc(C2(C(=O)N[C@H](CN3CCCC3)c3ccccc3)CC2)cc1. The van der Waals surface area contributed by atoms with Crippen LogP contribution in [-0.2, 0) is 20.2 Å². The molecule has 0 unspecified atom stereocenters. The van der Waals surface area contributed by atoms with Crippen LogP contribution in [0.2, 0.25) is 0 Å². The molecule has 1 saturated carbocycles. The Morgan fingerprint density at radius 2 is 1.67 bits per heavy atom. The molecule has 160 valence electrons. The zero-order valence-electron chi connectivity index (χ0n) is 17.3. The fourth-order valence-electron chi connectivity index (χ4n) is 4.28. The quantitative estimate of drug-likeness (QED) is 0.679. The van der Waals surface area contributed by atoms with E-state index in [9.17, 15) is 13.2 Å². The molecule has 30 heavy (non-hydrogen) atoms. The molecule has 1 atom stereocenters. The third-order valence-corrected chi connectivity index (χ3v) is 6.68. The highest BCUT2D eigenvalue weighted by molar-refractivity contribution is 7.92. The van der Waals surface area contributed by atoms with Gasteiger partial charge >= 0.3 is 0 Å². The van der Waals surface area contributed by atoms with Crippen LogP contribution in [0.3, 0.4) is 0 Å². The minimum absolute atomic E-state index is 0.0413. The van der Waals surface area contributed by atoms with Gasteiger partial charge in [0.15, 0.2) is 0 Å². The molecule has 2 fully saturated rings. The zero-order chi connectivity index (χ0) is 21.2. The summed E-state index contributed by atoms with van der Waals surface area (Å²) < 4.78 is 25.3. The smallest absolute Gasteiger partial charge is 0.231 e. The van der Waals surface area contributed by atoms with Gasteiger partial charge in [0.1, 0.15) is 0 Å². The van der Waals surface area contributed by atoms with Crippen molar-refractivity contribution in [1.29, 1.82) is 0 Å². The third kappa shape index (κ3) is 4.84.